The highest BCUT2D eigenvalue weighted by atomic mass is 16.3. The second-order valence-corrected chi connectivity index (χ2v) is 6.52. The van der Waals surface area contributed by atoms with Gasteiger partial charge < -0.3 is 16.2 Å². The molecule has 1 aromatic carbocycles. The minimum atomic E-state index is 0.161. The average molecular weight is 347 g/mol. The van der Waals surface area contributed by atoms with Gasteiger partial charge in [-0.15, -0.1) is 10.2 Å². The van der Waals surface area contributed by atoms with E-state index >= 15 is 0 Å². The number of rotatable bonds is 3. The van der Waals surface area contributed by atoms with Crippen molar-refractivity contribution in [3.8, 4) is 28.3 Å². The zero-order valence-corrected chi connectivity index (χ0v) is 14.4. The lowest BCUT2D eigenvalue weighted by Gasteiger charge is -2.22. The number of nitrogens with zero attached hydrogens (tertiary/aromatic N) is 3. The van der Waals surface area contributed by atoms with Crippen molar-refractivity contribution >= 4 is 5.82 Å². The number of aromatic hydroxyl groups is 1. The number of phenols is 1. The number of benzene rings is 1. The van der Waals surface area contributed by atoms with Crippen molar-refractivity contribution in [2.24, 2.45) is 0 Å². The fourth-order valence-electron chi connectivity index (χ4n) is 3.37. The van der Waals surface area contributed by atoms with E-state index in [9.17, 15) is 5.11 Å². The standard InChI is InChI=1S/C20H21N5O/c21-20-15(12-18(24-25-20)14-4-1-2-7-19(14)26)17-6-3-5-16(23-17)13-8-10-22-11-9-13/h1-7,12-13,22,26H,8-11H2,(H2,21,25). The van der Waals surface area contributed by atoms with E-state index in [0.29, 0.717) is 23.0 Å². The van der Waals surface area contributed by atoms with Crippen LogP contribution in [0.4, 0.5) is 5.82 Å². The van der Waals surface area contributed by atoms with Crippen molar-refractivity contribution in [1.29, 1.82) is 0 Å². The molecule has 1 saturated heterocycles. The first kappa shape index (κ1) is 16.5. The third-order valence-corrected chi connectivity index (χ3v) is 4.81. The molecule has 0 amide bonds. The lowest BCUT2D eigenvalue weighted by molar-refractivity contribution is 0.453. The predicted octanol–water partition coefficient (Wildman–Crippen LogP) is 2.96. The molecule has 0 unspecified atom stereocenters. The highest BCUT2D eigenvalue weighted by molar-refractivity contribution is 5.77. The number of aromatic nitrogens is 3. The van der Waals surface area contributed by atoms with Gasteiger partial charge in [-0.3, -0.25) is 4.98 Å². The molecule has 0 radical (unpaired) electrons. The maximum Gasteiger partial charge on any atom is 0.155 e. The molecule has 3 aromatic rings. The van der Waals surface area contributed by atoms with E-state index in [1.807, 2.05) is 24.3 Å². The minimum absolute atomic E-state index is 0.161. The van der Waals surface area contributed by atoms with Crippen LogP contribution >= 0.6 is 0 Å². The number of anilines is 1. The van der Waals surface area contributed by atoms with Gasteiger partial charge in [-0.05, 0) is 56.3 Å². The summed E-state index contributed by atoms with van der Waals surface area (Å²) in [6.07, 6.45) is 2.17. The van der Waals surface area contributed by atoms with Crippen LogP contribution in [0.15, 0.2) is 48.5 Å². The van der Waals surface area contributed by atoms with Gasteiger partial charge in [0.1, 0.15) is 5.75 Å². The summed E-state index contributed by atoms with van der Waals surface area (Å²) >= 11 is 0. The Morgan fingerprint density at radius 3 is 2.54 bits per heavy atom. The Kier molecular flexibility index (Phi) is 4.50. The molecular weight excluding hydrogens is 326 g/mol. The van der Waals surface area contributed by atoms with Crippen molar-refractivity contribution in [1.82, 2.24) is 20.5 Å². The van der Waals surface area contributed by atoms with Gasteiger partial charge >= 0.3 is 0 Å². The summed E-state index contributed by atoms with van der Waals surface area (Å²) in [5.41, 5.74) is 9.87. The first-order valence-corrected chi connectivity index (χ1v) is 8.82. The van der Waals surface area contributed by atoms with Crippen LogP contribution in [0, 0.1) is 0 Å². The van der Waals surface area contributed by atoms with E-state index in [2.05, 4.69) is 21.6 Å². The highest BCUT2D eigenvalue weighted by Gasteiger charge is 2.18. The van der Waals surface area contributed by atoms with Crippen molar-refractivity contribution in [3.05, 3.63) is 54.2 Å². The quantitative estimate of drug-likeness (QED) is 0.674. The number of nitrogens with two attached hydrogens (primary N) is 1. The van der Waals surface area contributed by atoms with Gasteiger partial charge in [-0.2, -0.15) is 0 Å². The zero-order chi connectivity index (χ0) is 17.9. The van der Waals surface area contributed by atoms with E-state index in [1.54, 1.807) is 18.2 Å². The summed E-state index contributed by atoms with van der Waals surface area (Å²) in [4.78, 5) is 4.85. The third kappa shape index (κ3) is 3.23. The molecule has 6 nitrogen and oxygen atoms in total. The number of hydrogen-bond donors (Lipinski definition) is 3. The SMILES string of the molecule is Nc1nnc(-c2ccccc2O)cc1-c1cccc(C2CCNCC2)n1. The van der Waals surface area contributed by atoms with Crippen LogP contribution in [0.1, 0.15) is 24.5 Å². The summed E-state index contributed by atoms with van der Waals surface area (Å²) < 4.78 is 0. The molecule has 0 saturated carbocycles. The fraction of sp³-hybridized carbons (Fsp3) is 0.250. The molecule has 2 aromatic heterocycles. The average Bonchev–Trinajstić information content (AvgIpc) is 2.70. The first-order chi connectivity index (χ1) is 12.7. The number of pyridine rings is 1. The van der Waals surface area contributed by atoms with Crippen molar-refractivity contribution in [2.45, 2.75) is 18.8 Å². The Bertz CT molecular complexity index is 922. The second-order valence-electron chi connectivity index (χ2n) is 6.52. The molecule has 0 spiro atoms. The zero-order valence-electron chi connectivity index (χ0n) is 14.4. The molecular formula is C20H21N5O. The normalized spacial score (nSPS) is 15.1. The Labute approximate surface area is 152 Å². The van der Waals surface area contributed by atoms with Crippen molar-refractivity contribution < 1.29 is 5.11 Å². The monoisotopic (exact) mass is 347 g/mol. The van der Waals surface area contributed by atoms with E-state index < -0.39 is 0 Å². The molecule has 6 heteroatoms. The lowest BCUT2D eigenvalue weighted by Crippen LogP contribution is -2.27. The molecule has 4 rings (SSSR count). The smallest absolute Gasteiger partial charge is 0.155 e. The Morgan fingerprint density at radius 1 is 0.923 bits per heavy atom. The largest absolute Gasteiger partial charge is 0.507 e. The molecule has 0 bridgehead atoms. The second kappa shape index (κ2) is 7.09. The molecule has 1 aliphatic rings. The summed E-state index contributed by atoms with van der Waals surface area (Å²) in [5, 5.41) is 21.7. The maximum absolute atomic E-state index is 10.1. The summed E-state index contributed by atoms with van der Waals surface area (Å²) in [6.45, 7) is 2.04. The van der Waals surface area contributed by atoms with Crippen molar-refractivity contribution in [3.63, 3.8) is 0 Å². The molecule has 1 aliphatic heterocycles. The molecule has 0 atom stereocenters. The van der Waals surface area contributed by atoms with Gasteiger partial charge in [0.25, 0.3) is 0 Å². The van der Waals surface area contributed by atoms with Gasteiger partial charge in [0.05, 0.1) is 11.4 Å². The lowest BCUT2D eigenvalue weighted by atomic mass is 9.94. The van der Waals surface area contributed by atoms with Gasteiger partial charge in [0.15, 0.2) is 5.82 Å². The minimum Gasteiger partial charge on any atom is -0.507 e. The number of nitrogen functional groups attached to an aromatic ring is 1. The van der Waals surface area contributed by atoms with Crippen LogP contribution in [0.25, 0.3) is 22.5 Å². The fourth-order valence-corrected chi connectivity index (χ4v) is 3.37. The van der Waals surface area contributed by atoms with Crippen LogP contribution in [-0.4, -0.2) is 33.4 Å². The number of piperidine rings is 1. The molecule has 3 heterocycles. The number of phenolic OH excluding ortho intramolecular Hbond substituents is 1. The van der Waals surface area contributed by atoms with E-state index in [4.69, 9.17) is 10.7 Å². The third-order valence-electron chi connectivity index (χ3n) is 4.81. The van der Waals surface area contributed by atoms with Gasteiger partial charge in [0.2, 0.25) is 0 Å². The topological polar surface area (TPSA) is 97.0 Å². The predicted molar refractivity (Wildman–Crippen MR) is 102 cm³/mol. The van der Waals surface area contributed by atoms with Gasteiger partial charge in [-0.1, -0.05) is 18.2 Å². The summed E-state index contributed by atoms with van der Waals surface area (Å²) in [5.74, 6) is 0.956. The van der Waals surface area contributed by atoms with E-state index in [1.165, 1.54) is 0 Å². The summed E-state index contributed by atoms with van der Waals surface area (Å²) in [6, 6.07) is 14.9. The number of hydrogen-bond acceptors (Lipinski definition) is 6. The Balaban J connectivity index is 1.74. The number of para-hydroxylation sites is 1. The van der Waals surface area contributed by atoms with E-state index in [0.717, 1.165) is 42.9 Å². The van der Waals surface area contributed by atoms with Crippen LogP contribution in [0.2, 0.25) is 0 Å². The molecule has 1 fully saturated rings. The van der Waals surface area contributed by atoms with Gasteiger partial charge in [0, 0.05) is 22.7 Å². The highest BCUT2D eigenvalue weighted by Crippen LogP contribution is 2.32. The first-order valence-electron chi connectivity index (χ1n) is 8.82. The van der Waals surface area contributed by atoms with E-state index in [-0.39, 0.29) is 5.75 Å². The van der Waals surface area contributed by atoms with Crippen LogP contribution in [0.3, 0.4) is 0 Å². The summed E-state index contributed by atoms with van der Waals surface area (Å²) in [7, 11) is 0. The van der Waals surface area contributed by atoms with Crippen molar-refractivity contribution in [2.75, 3.05) is 18.8 Å². The Morgan fingerprint density at radius 2 is 1.73 bits per heavy atom. The van der Waals surface area contributed by atoms with Crippen LogP contribution in [0.5, 0.6) is 5.75 Å². The Hall–Kier alpha value is -2.99. The number of nitrogens with one attached hydrogen (secondary N) is 1. The van der Waals surface area contributed by atoms with Crippen LogP contribution in [-0.2, 0) is 0 Å². The molecule has 26 heavy (non-hydrogen) atoms. The molecule has 132 valence electrons. The maximum atomic E-state index is 10.1. The molecule has 0 aliphatic carbocycles. The van der Waals surface area contributed by atoms with Crippen LogP contribution < -0.4 is 11.1 Å². The van der Waals surface area contributed by atoms with Gasteiger partial charge in [-0.25, -0.2) is 0 Å². The molecule has 4 N–H and O–H groups in total.